The van der Waals surface area contributed by atoms with Crippen molar-refractivity contribution in [2.24, 2.45) is 0 Å². The third-order valence-corrected chi connectivity index (χ3v) is 6.36. The molecule has 1 atom stereocenters. The molecule has 2 fully saturated rings. The van der Waals surface area contributed by atoms with Gasteiger partial charge >= 0.3 is 6.09 Å². The van der Waals surface area contributed by atoms with E-state index < -0.39 is 23.6 Å². The van der Waals surface area contributed by atoms with Crippen molar-refractivity contribution in [3.8, 4) is 11.3 Å². The fourth-order valence-electron chi connectivity index (χ4n) is 4.59. The number of nitrogens with one attached hydrogen (secondary N) is 2. The Labute approximate surface area is 210 Å². The van der Waals surface area contributed by atoms with E-state index in [0.717, 1.165) is 31.9 Å². The van der Waals surface area contributed by atoms with E-state index >= 15 is 0 Å². The molecule has 2 aromatic rings. The minimum absolute atomic E-state index is 0.0413. The van der Waals surface area contributed by atoms with E-state index in [2.05, 4.69) is 20.6 Å². The van der Waals surface area contributed by atoms with Gasteiger partial charge in [-0.15, -0.1) is 0 Å². The van der Waals surface area contributed by atoms with Gasteiger partial charge in [-0.1, -0.05) is 12.1 Å². The van der Waals surface area contributed by atoms with Gasteiger partial charge in [0.25, 0.3) is 5.91 Å². The lowest BCUT2D eigenvalue weighted by molar-refractivity contribution is 0.0491. The Morgan fingerprint density at radius 3 is 2.53 bits per heavy atom. The standard InChI is InChI=1S/C26H34FN5O4/c1-26(2,3)36-25(35)30-19-9-7-18(8-10-19)29-24-28-14-21(27)22(31-24)16-5-4-6-17(13-16)23(34)32-12-11-20(33)15-32/h4-6,13-14,18-20,33H,7-12,15H2,1-3H3,(H,30,35)(H,28,29,31)/t18-,19-,20-/m0/s1. The van der Waals surface area contributed by atoms with Crippen molar-refractivity contribution in [3.05, 3.63) is 41.8 Å². The summed E-state index contributed by atoms with van der Waals surface area (Å²) in [5.41, 5.74) is 0.479. The maximum atomic E-state index is 14.7. The van der Waals surface area contributed by atoms with Crippen LogP contribution >= 0.6 is 0 Å². The Bertz CT molecular complexity index is 1100. The second-order valence-electron chi connectivity index (χ2n) is 10.5. The number of aliphatic hydroxyl groups is 1. The SMILES string of the molecule is CC(C)(C)OC(=O)N[C@H]1CC[C@H](Nc2ncc(F)c(-c3cccc(C(=O)N4CC[C@H](O)C4)c3)n2)CC1. The van der Waals surface area contributed by atoms with E-state index in [-0.39, 0.29) is 23.7 Å². The molecule has 1 saturated carbocycles. The summed E-state index contributed by atoms with van der Waals surface area (Å²) < 4.78 is 20.0. The maximum Gasteiger partial charge on any atom is 0.407 e. The molecule has 194 valence electrons. The molecular formula is C26H34FN5O4. The number of benzene rings is 1. The van der Waals surface area contributed by atoms with Gasteiger partial charge in [-0.2, -0.15) is 0 Å². The molecule has 0 spiro atoms. The second kappa shape index (κ2) is 10.8. The molecule has 0 bridgehead atoms. The number of alkyl carbamates (subject to hydrolysis) is 1. The Morgan fingerprint density at radius 2 is 1.86 bits per heavy atom. The van der Waals surface area contributed by atoms with Crippen LogP contribution in [0.3, 0.4) is 0 Å². The number of ether oxygens (including phenoxy) is 1. The summed E-state index contributed by atoms with van der Waals surface area (Å²) in [4.78, 5) is 34.9. The fourth-order valence-corrected chi connectivity index (χ4v) is 4.59. The van der Waals surface area contributed by atoms with Gasteiger partial charge in [0.15, 0.2) is 5.82 Å². The lowest BCUT2D eigenvalue weighted by Crippen LogP contribution is -2.42. The van der Waals surface area contributed by atoms with Crippen molar-refractivity contribution >= 4 is 17.9 Å². The highest BCUT2D eigenvalue weighted by Crippen LogP contribution is 2.26. The Hall–Kier alpha value is -3.27. The third kappa shape index (κ3) is 6.69. The van der Waals surface area contributed by atoms with Crippen molar-refractivity contribution in [1.29, 1.82) is 0 Å². The van der Waals surface area contributed by atoms with Gasteiger partial charge in [0.2, 0.25) is 5.95 Å². The van der Waals surface area contributed by atoms with Gasteiger partial charge in [-0.05, 0) is 65.0 Å². The number of carbonyl (C=O) groups excluding carboxylic acids is 2. The Balaban J connectivity index is 1.38. The molecular weight excluding hydrogens is 465 g/mol. The number of β-amino-alcohol motifs (C(OH)–C–C–N with tert-alkyl or cyclic N) is 1. The molecule has 1 saturated heterocycles. The molecule has 3 N–H and O–H groups in total. The van der Waals surface area contributed by atoms with Gasteiger partial charge < -0.3 is 25.4 Å². The monoisotopic (exact) mass is 499 g/mol. The predicted molar refractivity (Wildman–Crippen MR) is 133 cm³/mol. The van der Waals surface area contributed by atoms with Gasteiger partial charge in [0.1, 0.15) is 11.3 Å². The van der Waals surface area contributed by atoms with Crippen LogP contribution in [0, 0.1) is 5.82 Å². The normalized spacial score (nSPS) is 22.2. The molecule has 1 aliphatic carbocycles. The minimum Gasteiger partial charge on any atom is -0.444 e. The average Bonchev–Trinajstić information content (AvgIpc) is 3.26. The van der Waals surface area contributed by atoms with E-state index in [1.807, 2.05) is 20.8 Å². The number of likely N-dealkylation sites (tertiary alicyclic amines) is 1. The average molecular weight is 500 g/mol. The van der Waals surface area contributed by atoms with E-state index in [4.69, 9.17) is 4.74 Å². The third-order valence-electron chi connectivity index (χ3n) is 6.36. The van der Waals surface area contributed by atoms with E-state index in [1.54, 1.807) is 29.2 Å². The zero-order valence-corrected chi connectivity index (χ0v) is 21.0. The zero-order valence-electron chi connectivity index (χ0n) is 21.0. The number of halogens is 1. The number of hydrogen-bond donors (Lipinski definition) is 3. The van der Waals surface area contributed by atoms with Gasteiger partial charge in [-0.25, -0.2) is 19.2 Å². The largest absolute Gasteiger partial charge is 0.444 e. The quantitative estimate of drug-likeness (QED) is 0.574. The molecule has 1 aliphatic heterocycles. The first-order chi connectivity index (χ1) is 17.1. The van der Waals surface area contributed by atoms with E-state index in [0.29, 0.717) is 36.6 Å². The molecule has 2 amide bonds. The molecule has 1 aromatic carbocycles. The highest BCUT2D eigenvalue weighted by atomic mass is 19.1. The van der Waals surface area contributed by atoms with Crippen molar-refractivity contribution in [2.75, 3.05) is 18.4 Å². The van der Waals surface area contributed by atoms with Crippen LogP contribution in [0.5, 0.6) is 0 Å². The van der Waals surface area contributed by atoms with E-state index in [1.165, 1.54) is 0 Å². The molecule has 2 aliphatic rings. The predicted octanol–water partition coefficient (Wildman–Crippen LogP) is 3.74. The number of aliphatic hydroxyl groups excluding tert-OH is 1. The van der Waals surface area contributed by atoms with Crippen LogP contribution in [0.15, 0.2) is 30.5 Å². The van der Waals surface area contributed by atoms with Crippen LogP contribution in [-0.4, -0.2) is 68.9 Å². The van der Waals surface area contributed by atoms with Crippen molar-refractivity contribution in [1.82, 2.24) is 20.2 Å². The lowest BCUT2D eigenvalue weighted by atomic mass is 9.91. The van der Waals surface area contributed by atoms with Crippen LogP contribution in [0.2, 0.25) is 0 Å². The zero-order chi connectivity index (χ0) is 25.9. The van der Waals surface area contributed by atoms with Gasteiger partial charge in [0.05, 0.1) is 12.3 Å². The first-order valence-electron chi connectivity index (χ1n) is 12.4. The summed E-state index contributed by atoms with van der Waals surface area (Å²) in [6.45, 7) is 6.29. The second-order valence-corrected chi connectivity index (χ2v) is 10.5. The van der Waals surface area contributed by atoms with Crippen LogP contribution < -0.4 is 10.6 Å². The van der Waals surface area contributed by atoms with Gasteiger partial charge in [0, 0.05) is 36.3 Å². The summed E-state index contributed by atoms with van der Waals surface area (Å²) in [7, 11) is 0. The number of rotatable bonds is 5. The highest BCUT2D eigenvalue weighted by Gasteiger charge is 2.27. The summed E-state index contributed by atoms with van der Waals surface area (Å²) in [6.07, 6.45) is 3.91. The number of aromatic nitrogens is 2. The summed E-state index contributed by atoms with van der Waals surface area (Å²) in [5, 5.41) is 15.9. The number of nitrogens with zero attached hydrogens (tertiary/aromatic N) is 3. The molecule has 0 radical (unpaired) electrons. The van der Waals surface area contributed by atoms with Crippen LogP contribution in [0.1, 0.15) is 63.2 Å². The van der Waals surface area contributed by atoms with Crippen LogP contribution in [0.4, 0.5) is 15.1 Å². The first-order valence-corrected chi connectivity index (χ1v) is 12.4. The first kappa shape index (κ1) is 25.8. The Morgan fingerprint density at radius 1 is 1.14 bits per heavy atom. The number of amides is 2. The summed E-state index contributed by atoms with van der Waals surface area (Å²) >= 11 is 0. The van der Waals surface area contributed by atoms with Crippen LogP contribution in [0.25, 0.3) is 11.3 Å². The molecule has 0 unspecified atom stereocenters. The summed E-state index contributed by atoms with van der Waals surface area (Å²) in [6, 6.07) is 6.84. The Kier molecular flexibility index (Phi) is 7.73. The molecule has 10 heteroatoms. The molecule has 2 heterocycles. The topological polar surface area (TPSA) is 117 Å². The smallest absolute Gasteiger partial charge is 0.407 e. The van der Waals surface area contributed by atoms with Crippen molar-refractivity contribution in [3.63, 3.8) is 0 Å². The van der Waals surface area contributed by atoms with E-state index in [9.17, 15) is 19.1 Å². The molecule has 9 nitrogen and oxygen atoms in total. The fraction of sp³-hybridized carbons (Fsp3) is 0.538. The minimum atomic E-state index is -0.577. The number of anilines is 1. The molecule has 36 heavy (non-hydrogen) atoms. The van der Waals surface area contributed by atoms with Gasteiger partial charge in [-0.3, -0.25) is 4.79 Å². The molecule has 4 rings (SSSR count). The number of carbonyl (C=O) groups is 2. The highest BCUT2D eigenvalue weighted by molar-refractivity contribution is 5.95. The van der Waals surface area contributed by atoms with Crippen LogP contribution in [-0.2, 0) is 4.74 Å². The number of hydrogen-bond acceptors (Lipinski definition) is 7. The lowest BCUT2D eigenvalue weighted by Gasteiger charge is -2.30. The maximum absolute atomic E-state index is 14.7. The summed E-state index contributed by atoms with van der Waals surface area (Å²) in [5.74, 6) is -0.459. The molecule has 1 aromatic heterocycles. The van der Waals surface area contributed by atoms with Crippen molar-refractivity contribution in [2.45, 2.75) is 76.7 Å². The van der Waals surface area contributed by atoms with Crippen molar-refractivity contribution < 1.29 is 23.8 Å².